The third-order valence-electron chi connectivity index (χ3n) is 4.61. The minimum atomic E-state index is -3.70. The van der Waals surface area contributed by atoms with Crippen molar-refractivity contribution in [1.29, 1.82) is 0 Å². The highest BCUT2D eigenvalue weighted by Crippen LogP contribution is 2.19. The van der Waals surface area contributed by atoms with Crippen LogP contribution in [0.4, 0.5) is 5.69 Å². The number of nitrogens with zero attached hydrogens (tertiary/aromatic N) is 2. The van der Waals surface area contributed by atoms with Crippen molar-refractivity contribution < 1.29 is 17.7 Å². The van der Waals surface area contributed by atoms with E-state index in [1.54, 1.807) is 49.4 Å². The van der Waals surface area contributed by atoms with E-state index in [9.17, 15) is 13.2 Å². The number of nitrogens with one attached hydrogen (secondary N) is 2. The highest BCUT2D eigenvalue weighted by molar-refractivity contribution is 7.92. The van der Waals surface area contributed by atoms with E-state index in [4.69, 9.17) is 4.52 Å². The van der Waals surface area contributed by atoms with E-state index < -0.39 is 10.0 Å². The van der Waals surface area contributed by atoms with Crippen LogP contribution >= 0.6 is 0 Å². The molecule has 0 bridgehead atoms. The van der Waals surface area contributed by atoms with Crippen LogP contribution in [-0.4, -0.2) is 31.0 Å². The average Bonchev–Trinajstić information content (AvgIpc) is 3.12. The van der Waals surface area contributed by atoms with Gasteiger partial charge in [0.15, 0.2) is 5.82 Å². The molecule has 0 aliphatic heterocycles. The molecule has 0 spiro atoms. The predicted octanol–water partition coefficient (Wildman–Crippen LogP) is 3.16. The van der Waals surface area contributed by atoms with Crippen LogP contribution in [0.2, 0.25) is 0 Å². The Hall–Kier alpha value is -3.20. The summed E-state index contributed by atoms with van der Waals surface area (Å²) in [5, 5.41) is 6.53. The molecule has 0 aliphatic rings. The second-order valence-corrected chi connectivity index (χ2v) is 8.71. The van der Waals surface area contributed by atoms with Crippen molar-refractivity contribution in [3.05, 3.63) is 70.9 Å². The molecule has 0 radical (unpaired) electrons. The molecule has 1 amide bonds. The molecule has 3 rings (SSSR count). The average molecular weight is 429 g/mol. The van der Waals surface area contributed by atoms with Crippen molar-refractivity contribution in [2.45, 2.75) is 38.5 Å². The number of aryl methyl sites for hydroxylation is 4. The number of carbonyl (C=O) groups excluding carboxylic acids is 1. The maximum atomic E-state index is 12.6. The summed E-state index contributed by atoms with van der Waals surface area (Å²) in [6.45, 7) is 6.00. The van der Waals surface area contributed by atoms with Crippen molar-refractivity contribution in [2.75, 3.05) is 11.3 Å². The molecule has 0 aliphatic carbocycles. The van der Waals surface area contributed by atoms with E-state index in [-0.39, 0.29) is 10.8 Å². The highest BCUT2D eigenvalue weighted by Gasteiger charge is 2.15. The van der Waals surface area contributed by atoms with E-state index in [1.165, 1.54) is 0 Å². The molecule has 0 unspecified atom stereocenters. The summed E-state index contributed by atoms with van der Waals surface area (Å²) >= 11 is 0. The Morgan fingerprint density at radius 2 is 1.77 bits per heavy atom. The van der Waals surface area contributed by atoms with Crippen LogP contribution in [0.1, 0.15) is 39.6 Å². The van der Waals surface area contributed by atoms with Gasteiger partial charge in [0.2, 0.25) is 5.89 Å². The van der Waals surface area contributed by atoms with Crippen LogP contribution in [0.5, 0.6) is 0 Å². The Morgan fingerprint density at radius 3 is 2.40 bits per heavy atom. The summed E-state index contributed by atoms with van der Waals surface area (Å²) in [5.74, 6) is 0.893. The third kappa shape index (κ3) is 5.44. The molecule has 1 heterocycles. The topological polar surface area (TPSA) is 114 Å². The van der Waals surface area contributed by atoms with Crippen LogP contribution in [0.3, 0.4) is 0 Å². The number of aromatic nitrogens is 2. The molecule has 158 valence electrons. The lowest BCUT2D eigenvalue weighted by atomic mass is 10.1. The van der Waals surface area contributed by atoms with Gasteiger partial charge in [-0.05, 0) is 74.7 Å². The number of carbonyl (C=O) groups is 1. The quantitative estimate of drug-likeness (QED) is 0.533. The lowest BCUT2D eigenvalue weighted by Crippen LogP contribution is -2.24. The van der Waals surface area contributed by atoms with Gasteiger partial charge < -0.3 is 9.84 Å². The first-order chi connectivity index (χ1) is 14.2. The summed E-state index contributed by atoms with van der Waals surface area (Å²) < 4.78 is 32.7. The zero-order chi connectivity index (χ0) is 21.7. The molecule has 0 saturated heterocycles. The summed E-state index contributed by atoms with van der Waals surface area (Å²) in [7, 11) is -3.70. The number of hydrogen-bond acceptors (Lipinski definition) is 6. The number of amides is 1. The first-order valence-electron chi connectivity index (χ1n) is 9.52. The van der Waals surface area contributed by atoms with Crippen LogP contribution in [0.25, 0.3) is 0 Å². The van der Waals surface area contributed by atoms with Gasteiger partial charge in [-0.15, -0.1) is 0 Å². The second-order valence-electron chi connectivity index (χ2n) is 7.02. The van der Waals surface area contributed by atoms with Gasteiger partial charge in [0, 0.05) is 24.2 Å². The fourth-order valence-electron chi connectivity index (χ4n) is 2.77. The van der Waals surface area contributed by atoms with Crippen LogP contribution < -0.4 is 10.0 Å². The monoisotopic (exact) mass is 428 g/mol. The standard InChI is InChI=1S/C21H24N4O4S/c1-14-6-11-19(13-15(14)2)30(27,28)25-18-9-7-17(8-10-18)21(26)22-12-4-5-20-23-16(3)24-29-20/h6-11,13,25H,4-5,12H2,1-3H3,(H,22,26). The maximum absolute atomic E-state index is 12.6. The number of anilines is 1. The second kappa shape index (κ2) is 9.08. The van der Waals surface area contributed by atoms with Crippen LogP contribution in [-0.2, 0) is 16.4 Å². The number of benzene rings is 2. The highest BCUT2D eigenvalue weighted by atomic mass is 32.2. The van der Waals surface area contributed by atoms with Crippen molar-refractivity contribution in [3.63, 3.8) is 0 Å². The SMILES string of the molecule is Cc1noc(CCCNC(=O)c2ccc(NS(=O)(=O)c3ccc(C)c(C)c3)cc2)n1. The number of hydrogen-bond donors (Lipinski definition) is 2. The fourth-order valence-corrected chi connectivity index (χ4v) is 3.91. The van der Waals surface area contributed by atoms with Gasteiger partial charge in [0.25, 0.3) is 15.9 Å². The molecule has 3 aromatic rings. The molecule has 0 saturated carbocycles. The predicted molar refractivity (Wildman–Crippen MR) is 113 cm³/mol. The van der Waals surface area contributed by atoms with Gasteiger partial charge >= 0.3 is 0 Å². The van der Waals surface area contributed by atoms with Gasteiger partial charge in [-0.3, -0.25) is 9.52 Å². The zero-order valence-electron chi connectivity index (χ0n) is 17.1. The van der Waals surface area contributed by atoms with E-state index in [0.717, 1.165) is 11.1 Å². The summed E-state index contributed by atoms with van der Waals surface area (Å²) in [6.07, 6.45) is 1.25. The Morgan fingerprint density at radius 1 is 1.03 bits per heavy atom. The van der Waals surface area contributed by atoms with Gasteiger partial charge in [-0.1, -0.05) is 11.2 Å². The first kappa shape index (κ1) is 21.5. The number of sulfonamides is 1. The first-order valence-corrected chi connectivity index (χ1v) is 11.0. The lowest BCUT2D eigenvalue weighted by molar-refractivity contribution is 0.0953. The third-order valence-corrected chi connectivity index (χ3v) is 5.99. The largest absolute Gasteiger partial charge is 0.352 e. The Labute approximate surface area is 175 Å². The summed E-state index contributed by atoms with van der Waals surface area (Å²) in [6, 6.07) is 11.3. The normalized spacial score (nSPS) is 11.3. The molecule has 2 aromatic carbocycles. The molecule has 1 aromatic heterocycles. The minimum absolute atomic E-state index is 0.198. The molecule has 30 heavy (non-hydrogen) atoms. The van der Waals surface area contributed by atoms with Crippen molar-refractivity contribution >= 4 is 21.6 Å². The molecular weight excluding hydrogens is 404 g/mol. The van der Waals surface area contributed by atoms with E-state index in [2.05, 4.69) is 20.2 Å². The molecule has 0 fully saturated rings. The van der Waals surface area contributed by atoms with Crippen molar-refractivity contribution in [2.24, 2.45) is 0 Å². The smallest absolute Gasteiger partial charge is 0.261 e. The number of rotatable bonds is 8. The van der Waals surface area contributed by atoms with Crippen molar-refractivity contribution in [1.82, 2.24) is 15.5 Å². The van der Waals surface area contributed by atoms with Gasteiger partial charge in [-0.25, -0.2) is 8.42 Å². The Bertz CT molecular complexity index is 1140. The fraction of sp³-hybridized carbons (Fsp3) is 0.286. The molecule has 0 atom stereocenters. The molecule has 8 nitrogen and oxygen atoms in total. The van der Waals surface area contributed by atoms with E-state index >= 15 is 0 Å². The Kier molecular flexibility index (Phi) is 6.51. The summed E-state index contributed by atoms with van der Waals surface area (Å²) in [4.78, 5) is 16.6. The van der Waals surface area contributed by atoms with Gasteiger partial charge in [0.05, 0.1) is 4.90 Å². The zero-order valence-corrected chi connectivity index (χ0v) is 17.9. The maximum Gasteiger partial charge on any atom is 0.261 e. The minimum Gasteiger partial charge on any atom is -0.352 e. The van der Waals surface area contributed by atoms with Gasteiger partial charge in [-0.2, -0.15) is 4.98 Å². The van der Waals surface area contributed by atoms with Crippen molar-refractivity contribution in [3.8, 4) is 0 Å². The van der Waals surface area contributed by atoms with E-state index in [1.807, 2.05) is 13.8 Å². The Balaban J connectivity index is 1.54. The molecule has 2 N–H and O–H groups in total. The summed E-state index contributed by atoms with van der Waals surface area (Å²) in [5.41, 5.74) is 2.75. The van der Waals surface area contributed by atoms with E-state index in [0.29, 0.717) is 42.4 Å². The van der Waals surface area contributed by atoms with Gasteiger partial charge in [0.1, 0.15) is 0 Å². The van der Waals surface area contributed by atoms with Crippen LogP contribution in [0.15, 0.2) is 51.9 Å². The molecular formula is C21H24N4O4S. The lowest BCUT2D eigenvalue weighted by Gasteiger charge is -2.10. The molecule has 9 heteroatoms. The van der Waals surface area contributed by atoms with Crippen LogP contribution in [0, 0.1) is 20.8 Å².